The summed E-state index contributed by atoms with van der Waals surface area (Å²) in [5, 5.41) is 14.9. The Morgan fingerprint density at radius 1 is 1.47 bits per heavy atom. The predicted octanol–water partition coefficient (Wildman–Crippen LogP) is 2.00. The van der Waals surface area contributed by atoms with Gasteiger partial charge in [-0.3, -0.25) is 0 Å². The Kier molecular flexibility index (Phi) is 4.17. The van der Waals surface area contributed by atoms with Crippen LogP contribution in [0.4, 0.5) is 0 Å². The number of allylic oxidation sites excluding steroid dienone is 2. The smallest absolute Gasteiger partial charge is 0.217 e. The van der Waals surface area contributed by atoms with E-state index in [-0.39, 0.29) is 0 Å². The van der Waals surface area contributed by atoms with Gasteiger partial charge in [-0.1, -0.05) is 12.2 Å². The average Bonchev–Trinajstić information content (AvgIpc) is 3.00. The van der Waals surface area contributed by atoms with Crippen LogP contribution in [-0.4, -0.2) is 40.9 Å². The minimum absolute atomic E-state index is 0.492. The van der Waals surface area contributed by atoms with Crippen LogP contribution in [0.25, 0.3) is 0 Å². The second kappa shape index (κ2) is 5.85. The number of nitriles is 1. The van der Waals surface area contributed by atoms with E-state index in [1.807, 2.05) is 0 Å². The van der Waals surface area contributed by atoms with Gasteiger partial charge in [-0.25, -0.2) is 5.01 Å². The third-order valence-electron chi connectivity index (χ3n) is 3.00. The quantitative estimate of drug-likeness (QED) is 0.438. The van der Waals surface area contributed by atoms with Gasteiger partial charge in [-0.05, 0) is 18.9 Å². The van der Waals surface area contributed by atoms with Crippen molar-refractivity contribution in [3.05, 3.63) is 23.6 Å². The van der Waals surface area contributed by atoms with Crippen LogP contribution in [0.15, 0.2) is 28.7 Å². The summed E-state index contributed by atoms with van der Waals surface area (Å²) in [7, 11) is 1.79. The number of thiocarbonyl (C=S) groups is 1. The summed E-state index contributed by atoms with van der Waals surface area (Å²) in [4.78, 5) is 2.69. The summed E-state index contributed by atoms with van der Waals surface area (Å²) in [6, 6.07) is 2.15. The molecule has 0 aromatic carbocycles. The molecule has 2 heterocycles. The van der Waals surface area contributed by atoms with E-state index in [0.29, 0.717) is 22.3 Å². The molecule has 0 aliphatic carbocycles. The fourth-order valence-electron chi connectivity index (χ4n) is 2.04. The van der Waals surface area contributed by atoms with Gasteiger partial charge in [0.1, 0.15) is 11.1 Å². The lowest BCUT2D eigenvalue weighted by Crippen LogP contribution is -2.27. The van der Waals surface area contributed by atoms with Crippen LogP contribution in [0, 0.1) is 11.3 Å². The van der Waals surface area contributed by atoms with Crippen molar-refractivity contribution in [3.63, 3.8) is 0 Å². The first-order chi connectivity index (χ1) is 9.11. The lowest BCUT2D eigenvalue weighted by Gasteiger charge is -2.17. The predicted molar refractivity (Wildman–Crippen MR) is 77.1 cm³/mol. The van der Waals surface area contributed by atoms with Crippen LogP contribution >= 0.6 is 12.2 Å². The van der Waals surface area contributed by atoms with E-state index in [1.165, 1.54) is 0 Å². The zero-order chi connectivity index (χ0) is 13.8. The zero-order valence-electron chi connectivity index (χ0n) is 11.1. The molecule has 100 valence electrons. The van der Waals surface area contributed by atoms with Gasteiger partial charge in [-0.15, -0.1) is 5.10 Å². The Hall–Kier alpha value is -1.87. The van der Waals surface area contributed by atoms with E-state index in [4.69, 9.17) is 17.0 Å². The SMILES string of the molecule is CC1=NN(C)/C(=C\C=C(\C#N)C(=S)N2CCCC2)O1. The van der Waals surface area contributed by atoms with Crippen molar-refractivity contribution in [2.24, 2.45) is 5.10 Å². The first-order valence-corrected chi connectivity index (χ1v) is 6.61. The van der Waals surface area contributed by atoms with Gasteiger partial charge in [-0.2, -0.15) is 5.26 Å². The van der Waals surface area contributed by atoms with Crippen molar-refractivity contribution in [2.75, 3.05) is 20.1 Å². The average molecular weight is 276 g/mol. The van der Waals surface area contributed by atoms with E-state index in [9.17, 15) is 5.26 Å². The van der Waals surface area contributed by atoms with E-state index >= 15 is 0 Å². The molecule has 0 aromatic heterocycles. The molecule has 2 aliphatic heterocycles. The van der Waals surface area contributed by atoms with E-state index in [0.717, 1.165) is 25.9 Å². The summed E-state index contributed by atoms with van der Waals surface area (Å²) in [6.45, 7) is 3.65. The molecule has 19 heavy (non-hydrogen) atoms. The molecule has 0 bridgehead atoms. The molecule has 0 N–H and O–H groups in total. The van der Waals surface area contributed by atoms with Gasteiger partial charge in [0, 0.05) is 33.1 Å². The van der Waals surface area contributed by atoms with Crippen LogP contribution in [-0.2, 0) is 4.74 Å². The van der Waals surface area contributed by atoms with Crippen molar-refractivity contribution in [1.29, 1.82) is 5.26 Å². The van der Waals surface area contributed by atoms with Gasteiger partial charge >= 0.3 is 0 Å². The van der Waals surface area contributed by atoms with Gasteiger partial charge < -0.3 is 9.64 Å². The van der Waals surface area contributed by atoms with Crippen molar-refractivity contribution >= 4 is 23.1 Å². The Bertz CT molecular complexity index is 509. The number of ether oxygens (including phenoxy) is 1. The summed E-state index contributed by atoms with van der Waals surface area (Å²) >= 11 is 5.35. The molecule has 5 nitrogen and oxygen atoms in total. The highest BCUT2D eigenvalue weighted by molar-refractivity contribution is 7.80. The first kappa shape index (κ1) is 13.6. The van der Waals surface area contributed by atoms with E-state index < -0.39 is 0 Å². The Morgan fingerprint density at radius 3 is 2.68 bits per heavy atom. The maximum absolute atomic E-state index is 9.20. The Morgan fingerprint density at radius 2 is 2.16 bits per heavy atom. The second-order valence-corrected chi connectivity index (χ2v) is 4.83. The van der Waals surface area contributed by atoms with Crippen molar-refractivity contribution in [2.45, 2.75) is 19.8 Å². The standard InChI is InChI=1S/C13H16N4OS/c1-10-15-16(2)12(18-10)6-5-11(9-14)13(19)17-7-3-4-8-17/h5-6H,3-4,7-8H2,1-2H3/b11-5-,12-6+. The minimum atomic E-state index is 0.492. The molecule has 0 radical (unpaired) electrons. The molecule has 0 amide bonds. The summed E-state index contributed by atoms with van der Waals surface area (Å²) in [5.74, 6) is 1.18. The van der Waals surface area contributed by atoms with Gasteiger partial charge in [0.2, 0.25) is 11.8 Å². The topological polar surface area (TPSA) is 51.9 Å². The largest absolute Gasteiger partial charge is 0.424 e. The summed E-state index contributed by atoms with van der Waals surface area (Å²) in [5.41, 5.74) is 0.492. The molecule has 0 unspecified atom stereocenters. The lowest BCUT2D eigenvalue weighted by atomic mass is 10.2. The van der Waals surface area contributed by atoms with Crippen LogP contribution in [0.3, 0.4) is 0 Å². The fourth-order valence-corrected chi connectivity index (χ4v) is 2.34. The lowest BCUT2D eigenvalue weighted by molar-refractivity contribution is 0.304. The summed E-state index contributed by atoms with van der Waals surface area (Å²) in [6.07, 6.45) is 5.69. The molecule has 0 saturated carbocycles. The molecule has 6 heteroatoms. The number of hydrogen-bond acceptors (Lipinski definition) is 5. The minimum Gasteiger partial charge on any atom is -0.424 e. The van der Waals surface area contributed by atoms with Crippen LogP contribution in [0.5, 0.6) is 0 Å². The fraction of sp³-hybridized carbons (Fsp3) is 0.462. The van der Waals surface area contributed by atoms with Gasteiger partial charge in [0.25, 0.3) is 0 Å². The normalized spacial score (nSPS) is 21.4. The van der Waals surface area contributed by atoms with Crippen LogP contribution in [0.2, 0.25) is 0 Å². The Labute approximate surface area is 118 Å². The maximum Gasteiger partial charge on any atom is 0.217 e. The monoisotopic (exact) mass is 276 g/mol. The maximum atomic E-state index is 9.20. The second-order valence-electron chi connectivity index (χ2n) is 4.44. The number of rotatable bonds is 2. The highest BCUT2D eigenvalue weighted by Crippen LogP contribution is 2.16. The number of hydrazone groups is 1. The van der Waals surface area contributed by atoms with Gasteiger partial charge in [0.15, 0.2) is 0 Å². The molecule has 0 atom stereocenters. The molecule has 2 aliphatic rings. The van der Waals surface area contributed by atoms with Crippen LogP contribution in [0.1, 0.15) is 19.8 Å². The van der Waals surface area contributed by atoms with Crippen LogP contribution < -0.4 is 0 Å². The van der Waals surface area contributed by atoms with Crippen molar-refractivity contribution < 1.29 is 4.74 Å². The van der Waals surface area contributed by atoms with E-state index in [2.05, 4.69) is 16.1 Å². The van der Waals surface area contributed by atoms with Crippen molar-refractivity contribution in [3.8, 4) is 6.07 Å². The Balaban J connectivity index is 2.10. The number of likely N-dealkylation sites (tertiary alicyclic amines) is 1. The zero-order valence-corrected chi connectivity index (χ0v) is 11.9. The third-order valence-corrected chi connectivity index (χ3v) is 3.48. The highest BCUT2D eigenvalue weighted by Gasteiger charge is 2.18. The number of hydrogen-bond donors (Lipinski definition) is 0. The van der Waals surface area contributed by atoms with Gasteiger partial charge in [0.05, 0.1) is 5.57 Å². The molecule has 2 rings (SSSR count). The highest BCUT2D eigenvalue weighted by atomic mass is 32.1. The molecule has 0 spiro atoms. The molecule has 0 aromatic rings. The van der Waals surface area contributed by atoms with Crippen molar-refractivity contribution in [1.82, 2.24) is 9.91 Å². The first-order valence-electron chi connectivity index (χ1n) is 6.20. The van der Waals surface area contributed by atoms with E-state index in [1.54, 1.807) is 31.1 Å². The third kappa shape index (κ3) is 3.12. The molecular formula is C13H16N4OS. The molecular weight excluding hydrogens is 260 g/mol. The number of nitrogens with zero attached hydrogens (tertiary/aromatic N) is 4. The molecule has 1 fully saturated rings. The molecule has 1 saturated heterocycles. The summed E-state index contributed by atoms with van der Waals surface area (Å²) < 4.78 is 5.40.